The van der Waals surface area contributed by atoms with Gasteiger partial charge in [0.05, 0.1) is 0 Å². The van der Waals surface area contributed by atoms with Crippen molar-refractivity contribution in [2.24, 2.45) is 0 Å². The quantitative estimate of drug-likeness (QED) is 0.890. The number of thiophene rings is 1. The molecule has 0 amide bonds. The fourth-order valence-corrected chi connectivity index (χ4v) is 2.79. The molecule has 16 heavy (non-hydrogen) atoms. The normalized spacial score (nSPS) is 11.2. The average Bonchev–Trinajstić information content (AvgIpc) is 2.87. The van der Waals surface area contributed by atoms with Gasteiger partial charge in [-0.3, -0.25) is 0 Å². The zero-order valence-electron chi connectivity index (χ0n) is 9.43. The largest absolute Gasteiger partial charge is 0.308 e. The summed E-state index contributed by atoms with van der Waals surface area (Å²) in [4.78, 5) is 0. The van der Waals surface area contributed by atoms with Crippen LogP contribution in [0.15, 0.2) is 16.8 Å². The topological polar surface area (TPSA) is 37.8 Å². The SMILES string of the molecule is CC(C)NCc1nnc(Cc2ccsc2)s1. The van der Waals surface area contributed by atoms with E-state index >= 15 is 0 Å². The first-order valence-corrected chi connectivity index (χ1v) is 7.05. The molecule has 0 saturated carbocycles. The first-order chi connectivity index (χ1) is 7.74. The highest BCUT2D eigenvalue weighted by Gasteiger charge is 2.05. The van der Waals surface area contributed by atoms with Crippen molar-refractivity contribution in [1.29, 1.82) is 0 Å². The summed E-state index contributed by atoms with van der Waals surface area (Å²) in [5, 5.41) is 18.1. The summed E-state index contributed by atoms with van der Waals surface area (Å²) in [6.45, 7) is 5.08. The second kappa shape index (κ2) is 5.52. The van der Waals surface area contributed by atoms with Crippen molar-refractivity contribution in [3.8, 4) is 0 Å². The number of hydrogen-bond donors (Lipinski definition) is 1. The van der Waals surface area contributed by atoms with Crippen molar-refractivity contribution in [3.05, 3.63) is 32.4 Å². The zero-order valence-corrected chi connectivity index (χ0v) is 11.1. The highest BCUT2D eigenvalue weighted by Crippen LogP contribution is 2.16. The molecule has 0 aliphatic rings. The summed E-state index contributed by atoms with van der Waals surface area (Å²) >= 11 is 3.42. The van der Waals surface area contributed by atoms with Crippen molar-refractivity contribution >= 4 is 22.7 Å². The molecule has 0 aliphatic carbocycles. The highest BCUT2D eigenvalue weighted by molar-refractivity contribution is 7.11. The first kappa shape index (κ1) is 11.7. The van der Waals surface area contributed by atoms with Crippen LogP contribution < -0.4 is 5.32 Å². The molecule has 86 valence electrons. The van der Waals surface area contributed by atoms with Gasteiger partial charge in [-0.2, -0.15) is 11.3 Å². The number of nitrogens with zero attached hydrogens (tertiary/aromatic N) is 2. The molecule has 2 aromatic rings. The molecule has 1 N–H and O–H groups in total. The molecule has 3 nitrogen and oxygen atoms in total. The Balaban J connectivity index is 1.92. The molecule has 2 heterocycles. The predicted molar refractivity (Wildman–Crippen MR) is 69.0 cm³/mol. The molecule has 0 aliphatic heterocycles. The lowest BCUT2D eigenvalue weighted by Crippen LogP contribution is -2.21. The summed E-state index contributed by atoms with van der Waals surface area (Å²) in [6.07, 6.45) is 0.906. The smallest absolute Gasteiger partial charge is 0.131 e. The lowest BCUT2D eigenvalue weighted by atomic mass is 10.3. The molecule has 2 rings (SSSR count). The molecule has 0 saturated heterocycles. The molecule has 0 spiro atoms. The summed E-state index contributed by atoms with van der Waals surface area (Å²) < 4.78 is 0. The van der Waals surface area contributed by atoms with Gasteiger partial charge in [-0.05, 0) is 22.4 Å². The van der Waals surface area contributed by atoms with E-state index in [1.807, 2.05) is 0 Å². The minimum Gasteiger partial charge on any atom is -0.308 e. The lowest BCUT2D eigenvalue weighted by molar-refractivity contribution is 0.584. The van der Waals surface area contributed by atoms with Gasteiger partial charge in [0, 0.05) is 19.0 Å². The van der Waals surface area contributed by atoms with Crippen LogP contribution in [0.3, 0.4) is 0 Å². The van der Waals surface area contributed by atoms with Crippen LogP contribution in [0, 0.1) is 0 Å². The molecule has 2 aromatic heterocycles. The van der Waals surface area contributed by atoms with Crippen LogP contribution in [-0.2, 0) is 13.0 Å². The maximum absolute atomic E-state index is 4.20. The Bertz CT molecular complexity index is 420. The summed E-state index contributed by atoms with van der Waals surface area (Å²) in [6, 6.07) is 2.63. The molecule has 0 unspecified atom stereocenters. The van der Waals surface area contributed by atoms with E-state index in [9.17, 15) is 0 Å². The fourth-order valence-electron chi connectivity index (χ4n) is 1.29. The number of hydrogen-bond acceptors (Lipinski definition) is 5. The Kier molecular flexibility index (Phi) is 4.04. The van der Waals surface area contributed by atoms with Crippen molar-refractivity contribution in [3.63, 3.8) is 0 Å². The Hall–Kier alpha value is -0.780. The summed E-state index contributed by atoms with van der Waals surface area (Å²) in [5.74, 6) is 0. The van der Waals surface area contributed by atoms with Crippen molar-refractivity contribution in [1.82, 2.24) is 15.5 Å². The Labute approximate surface area is 104 Å². The van der Waals surface area contributed by atoms with Crippen LogP contribution >= 0.6 is 22.7 Å². The average molecular weight is 253 g/mol. The Morgan fingerprint density at radius 3 is 2.81 bits per heavy atom. The van der Waals surface area contributed by atoms with E-state index in [0.29, 0.717) is 6.04 Å². The van der Waals surface area contributed by atoms with Gasteiger partial charge in [0.1, 0.15) is 10.0 Å². The van der Waals surface area contributed by atoms with E-state index < -0.39 is 0 Å². The van der Waals surface area contributed by atoms with Gasteiger partial charge in [-0.15, -0.1) is 10.2 Å². The van der Waals surface area contributed by atoms with Crippen LogP contribution in [0.1, 0.15) is 29.4 Å². The van der Waals surface area contributed by atoms with Gasteiger partial charge in [0.25, 0.3) is 0 Å². The van der Waals surface area contributed by atoms with Crippen LogP contribution in [0.5, 0.6) is 0 Å². The van der Waals surface area contributed by atoms with Crippen molar-refractivity contribution in [2.45, 2.75) is 32.9 Å². The standard InChI is InChI=1S/C11H15N3S2/c1-8(2)12-6-11-14-13-10(16-11)5-9-3-4-15-7-9/h3-4,7-8,12H,5-6H2,1-2H3. The van der Waals surface area contributed by atoms with Gasteiger partial charge in [0.15, 0.2) is 0 Å². The van der Waals surface area contributed by atoms with E-state index in [0.717, 1.165) is 23.0 Å². The van der Waals surface area contributed by atoms with E-state index in [1.54, 1.807) is 22.7 Å². The van der Waals surface area contributed by atoms with E-state index in [1.165, 1.54) is 5.56 Å². The van der Waals surface area contributed by atoms with Crippen LogP contribution in [0.4, 0.5) is 0 Å². The summed E-state index contributed by atoms with van der Waals surface area (Å²) in [7, 11) is 0. The number of nitrogens with one attached hydrogen (secondary N) is 1. The third kappa shape index (κ3) is 3.37. The maximum atomic E-state index is 4.20. The van der Waals surface area contributed by atoms with Crippen LogP contribution in [-0.4, -0.2) is 16.2 Å². The molecule has 5 heteroatoms. The van der Waals surface area contributed by atoms with E-state index in [2.05, 4.69) is 46.2 Å². The molecule has 0 radical (unpaired) electrons. The molecular weight excluding hydrogens is 238 g/mol. The minimum atomic E-state index is 0.490. The minimum absolute atomic E-state index is 0.490. The summed E-state index contributed by atoms with van der Waals surface area (Å²) in [5.41, 5.74) is 1.32. The molecule has 0 bridgehead atoms. The second-order valence-electron chi connectivity index (χ2n) is 3.93. The fraction of sp³-hybridized carbons (Fsp3) is 0.455. The number of rotatable bonds is 5. The third-order valence-corrected chi connectivity index (χ3v) is 3.76. The van der Waals surface area contributed by atoms with Gasteiger partial charge in [0.2, 0.25) is 0 Å². The first-order valence-electron chi connectivity index (χ1n) is 5.30. The van der Waals surface area contributed by atoms with Gasteiger partial charge in [-0.25, -0.2) is 0 Å². The molecule has 0 atom stereocenters. The zero-order chi connectivity index (χ0) is 11.4. The van der Waals surface area contributed by atoms with Gasteiger partial charge < -0.3 is 5.32 Å². The molecular formula is C11H15N3S2. The van der Waals surface area contributed by atoms with Crippen molar-refractivity contribution < 1.29 is 0 Å². The lowest BCUT2D eigenvalue weighted by Gasteiger charge is -2.03. The maximum Gasteiger partial charge on any atom is 0.131 e. The third-order valence-electron chi connectivity index (χ3n) is 2.11. The predicted octanol–water partition coefficient (Wildman–Crippen LogP) is 2.69. The monoisotopic (exact) mass is 253 g/mol. The Morgan fingerprint density at radius 1 is 1.31 bits per heavy atom. The van der Waals surface area contributed by atoms with E-state index in [4.69, 9.17) is 0 Å². The van der Waals surface area contributed by atoms with Gasteiger partial charge >= 0.3 is 0 Å². The Morgan fingerprint density at radius 2 is 2.12 bits per heavy atom. The molecule has 0 fully saturated rings. The van der Waals surface area contributed by atoms with E-state index in [-0.39, 0.29) is 0 Å². The molecule has 0 aromatic carbocycles. The number of aromatic nitrogens is 2. The van der Waals surface area contributed by atoms with Crippen molar-refractivity contribution in [2.75, 3.05) is 0 Å². The van der Waals surface area contributed by atoms with Crippen LogP contribution in [0.2, 0.25) is 0 Å². The second-order valence-corrected chi connectivity index (χ2v) is 5.86. The van der Waals surface area contributed by atoms with Gasteiger partial charge in [-0.1, -0.05) is 25.2 Å². The highest BCUT2D eigenvalue weighted by atomic mass is 32.1. The van der Waals surface area contributed by atoms with Crippen LogP contribution in [0.25, 0.3) is 0 Å².